The van der Waals surface area contributed by atoms with Gasteiger partial charge in [-0.2, -0.15) is 5.26 Å². The molecule has 3 heterocycles. The third-order valence-corrected chi connectivity index (χ3v) is 9.54. The Balaban J connectivity index is 1.21. The summed E-state index contributed by atoms with van der Waals surface area (Å²) in [7, 11) is 0. The fraction of sp³-hybridized carbons (Fsp3) is 0.406. The first-order valence-corrected chi connectivity index (χ1v) is 13.7. The van der Waals surface area contributed by atoms with Crippen LogP contribution in [0, 0.1) is 23.2 Å². The van der Waals surface area contributed by atoms with E-state index in [-0.39, 0.29) is 11.8 Å². The highest BCUT2D eigenvalue weighted by atomic mass is 16.5. The van der Waals surface area contributed by atoms with Crippen LogP contribution in [-0.4, -0.2) is 29.6 Å². The maximum absolute atomic E-state index is 14.1. The molecule has 3 fully saturated rings. The van der Waals surface area contributed by atoms with Gasteiger partial charge in [0.25, 0.3) is 0 Å². The van der Waals surface area contributed by atoms with Crippen LogP contribution in [0.4, 0.5) is 5.69 Å². The summed E-state index contributed by atoms with van der Waals surface area (Å²) >= 11 is 0. The van der Waals surface area contributed by atoms with E-state index in [1.54, 1.807) is 12.1 Å². The number of hydrogen-bond acceptors (Lipinski definition) is 5. The van der Waals surface area contributed by atoms with Crippen molar-refractivity contribution in [3.05, 3.63) is 71.3 Å². The van der Waals surface area contributed by atoms with Crippen molar-refractivity contribution in [1.29, 1.82) is 5.26 Å². The molecule has 3 aromatic rings. The standard InChI is InChI=1S/C32H30N2O4/c1-2-31-14-15-32(38-31,16-17-37-23-12-10-20-6-5-7-21(20)18-23)28-27(31)29(35)34(30(28)36)26-13-11-22(19-33)24-8-3-4-9-25(24)26/h3-4,8-13,18,27-28H,2,5-7,14-17H2,1H3. The number of carbonyl (C=O) groups is 2. The maximum atomic E-state index is 14.1. The van der Waals surface area contributed by atoms with Gasteiger partial charge in [-0.1, -0.05) is 37.3 Å². The number of anilines is 1. The number of carbonyl (C=O) groups excluding carboxylic acids is 2. The number of aryl methyl sites for hydroxylation is 2. The predicted molar refractivity (Wildman–Crippen MR) is 143 cm³/mol. The smallest absolute Gasteiger partial charge is 0.240 e. The highest BCUT2D eigenvalue weighted by Crippen LogP contribution is 2.63. The first kappa shape index (κ1) is 23.4. The number of nitrogens with zero attached hydrogens (tertiary/aromatic N) is 2. The van der Waals surface area contributed by atoms with E-state index in [0.717, 1.165) is 42.2 Å². The molecule has 2 bridgehead atoms. The number of amides is 2. The molecule has 0 saturated carbocycles. The molecule has 4 aliphatic rings. The van der Waals surface area contributed by atoms with Gasteiger partial charge in [-0.3, -0.25) is 9.59 Å². The zero-order valence-electron chi connectivity index (χ0n) is 21.5. The van der Waals surface area contributed by atoms with Gasteiger partial charge in [-0.05, 0) is 73.9 Å². The number of benzene rings is 3. The van der Waals surface area contributed by atoms with Gasteiger partial charge in [0.05, 0.1) is 47.0 Å². The van der Waals surface area contributed by atoms with Crippen LogP contribution < -0.4 is 9.64 Å². The molecule has 38 heavy (non-hydrogen) atoms. The fourth-order valence-electron chi connectivity index (χ4n) is 7.69. The second-order valence-electron chi connectivity index (χ2n) is 11.2. The van der Waals surface area contributed by atoms with Gasteiger partial charge in [-0.15, -0.1) is 0 Å². The minimum atomic E-state index is -0.707. The molecule has 3 saturated heterocycles. The lowest BCUT2D eigenvalue weighted by molar-refractivity contribution is -0.132. The molecular weight excluding hydrogens is 476 g/mol. The van der Waals surface area contributed by atoms with Gasteiger partial charge >= 0.3 is 0 Å². The monoisotopic (exact) mass is 506 g/mol. The summed E-state index contributed by atoms with van der Waals surface area (Å²) < 4.78 is 12.9. The highest BCUT2D eigenvalue weighted by molar-refractivity contribution is 6.26. The number of hydrogen-bond donors (Lipinski definition) is 0. The van der Waals surface area contributed by atoms with Crippen LogP contribution in [0.1, 0.15) is 55.7 Å². The number of imide groups is 1. The molecule has 0 aromatic heterocycles. The van der Waals surface area contributed by atoms with E-state index in [0.29, 0.717) is 30.7 Å². The molecule has 7 rings (SSSR count). The predicted octanol–water partition coefficient (Wildman–Crippen LogP) is 5.49. The molecule has 0 radical (unpaired) electrons. The number of ether oxygens (including phenoxy) is 2. The Morgan fingerprint density at radius 2 is 1.71 bits per heavy atom. The van der Waals surface area contributed by atoms with Crippen molar-refractivity contribution in [1.82, 2.24) is 0 Å². The van der Waals surface area contributed by atoms with Gasteiger partial charge in [0.2, 0.25) is 11.8 Å². The topological polar surface area (TPSA) is 79.6 Å². The maximum Gasteiger partial charge on any atom is 0.240 e. The molecular formula is C32H30N2O4. The lowest BCUT2D eigenvalue weighted by Gasteiger charge is -2.31. The summed E-state index contributed by atoms with van der Waals surface area (Å²) in [6.07, 6.45) is 6.19. The fourth-order valence-corrected chi connectivity index (χ4v) is 7.69. The first-order valence-electron chi connectivity index (χ1n) is 13.7. The quantitative estimate of drug-likeness (QED) is 0.413. The third-order valence-electron chi connectivity index (χ3n) is 9.54. The zero-order chi connectivity index (χ0) is 26.1. The molecule has 3 aromatic carbocycles. The molecule has 1 aliphatic carbocycles. The van der Waals surface area contributed by atoms with E-state index < -0.39 is 23.0 Å². The minimum Gasteiger partial charge on any atom is -0.493 e. The number of fused-ring (bicyclic) bond motifs is 7. The largest absolute Gasteiger partial charge is 0.493 e. The number of rotatable bonds is 6. The van der Waals surface area contributed by atoms with Gasteiger partial charge in [0.15, 0.2) is 0 Å². The van der Waals surface area contributed by atoms with Crippen molar-refractivity contribution in [2.45, 2.75) is 63.1 Å². The average Bonchev–Trinajstić information content (AvgIpc) is 3.69. The minimum absolute atomic E-state index is 0.183. The van der Waals surface area contributed by atoms with Crippen molar-refractivity contribution in [2.24, 2.45) is 11.8 Å². The van der Waals surface area contributed by atoms with E-state index in [2.05, 4.69) is 25.1 Å². The van der Waals surface area contributed by atoms with Crippen LogP contribution in [0.15, 0.2) is 54.6 Å². The van der Waals surface area contributed by atoms with Crippen molar-refractivity contribution < 1.29 is 19.1 Å². The Hall–Kier alpha value is -3.69. The zero-order valence-corrected chi connectivity index (χ0v) is 21.5. The summed E-state index contributed by atoms with van der Waals surface area (Å²) in [4.78, 5) is 29.5. The lowest BCUT2D eigenvalue weighted by Crippen LogP contribution is -2.43. The van der Waals surface area contributed by atoms with E-state index in [1.165, 1.54) is 22.4 Å². The van der Waals surface area contributed by atoms with Gasteiger partial charge in [0.1, 0.15) is 5.75 Å². The van der Waals surface area contributed by atoms with Gasteiger partial charge < -0.3 is 9.47 Å². The van der Waals surface area contributed by atoms with Crippen LogP contribution in [-0.2, 0) is 27.2 Å². The van der Waals surface area contributed by atoms with Crippen LogP contribution in [0.5, 0.6) is 5.75 Å². The molecule has 4 unspecified atom stereocenters. The first-order chi connectivity index (χ1) is 18.5. The van der Waals surface area contributed by atoms with Crippen LogP contribution in [0.3, 0.4) is 0 Å². The molecule has 4 atom stereocenters. The Morgan fingerprint density at radius 3 is 2.50 bits per heavy atom. The van der Waals surface area contributed by atoms with Gasteiger partial charge in [0, 0.05) is 17.2 Å². The molecule has 0 N–H and O–H groups in total. The Bertz CT molecular complexity index is 1540. The van der Waals surface area contributed by atoms with Crippen LogP contribution in [0.25, 0.3) is 10.8 Å². The normalized spacial score (nSPS) is 29.1. The summed E-state index contributed by atoms with van der Waals surface area (Å²) in [5.74, 6) is -0.541. The summed E-state index contributed by atoms with van der Waals surface area (Å²) in [5, 5.41) is 11.1. The third kappa shape index (κ3) is 3.15. The lowest BCUT2D eigenvalue weighted by atomic mass is 9.66. The van der Waals surface area contributed by atoms with Crippen molar-refractivity contribution >= 4 is 28.3 Å². The van der Waals surface area contributed by atoms with Crippen molar-refractivity contribution in [3.63, 3.8) is 0 Å². The summed E-state index contributed by atoms with van der Waals surface area (Å²) in [6.45, 7) is 2.49. The second-order valence-corrected chi connectivity index (χ2v) is 11.2. The Morgan fingerprint density at radius 1 is 0.974 bits per heavy atom. The average molecular weight is 507 g/mol. The molecule has 6 nitrogen and oxygen atoms in total. The molecule has 192 valence electrons. The molecule has 3 aliphatic heterocycles. The van der Waals surface area contributed by atoms with E-state index in [4.69, 9.17) is 9.47 Å². The van der Waals surface area contributed by atoms with Crippen LogP contribution in [0.2, 0.25) is 0 Å². The van der Waals surface area contributed by atoms with Crippen LogP contribution >= 0.6 is 0 Å². The summed E-state index contributed by atoms with van der Waals surface area (Å²) in [6, 6.07) is 19.5. The van der Waals surface area contributed by atoms with Crippen molar-refractivity contribution in [2.75, 3.05) is 11.5 Å². The van der Waals surface area contributed by atoms with E-state index in [9.17, 15) is 14.9 Å². The number of nitriles is 1. The molecule has 6 heteroatoms. The SMILES string of the molecule is CCC12CCC(CCOc3ccc4c(c3)CCC4)(O1)C1C(=O)N(c3ccc(C#N)c4ccccc34)C(=O)C12. The van der Waals surface area contributed by atoms with E-state index in [1.807, 2.05) is 30.3 Å². The Labute approximate surface area is 222 Å². The second kappa shape index (κ2) is 8.41. The molecule has 0 spiro atoms. The summed E-state index contributed by atoms with van der Waals surface area (Å²) in [5.41, 5.74) is 2.53. The molecule has 2 amide bonds. The van der Waals surface area contributed by atoms with Crippen molar-refractivity contribution in [3.8, 4) is 11.8 Å². The van der Waals surface area contributed by atoms with E-state index >= 15 is 0 Å². The highest BCUT2D eigenvalue weighted by Gasteiger charge is 2.74. The Kier molecular flexibility index (Phi) is 5.18. The van der Waals surface area contributed by atoms with Gasteiger partial charge in [-0.25, -0.2) is 4.90 Å².